The monoisotopic (exact) mass is 293 g/mol. The molecule has 1 N–H and O–H groups in total. The molecule has 2 aliphatic rings. The van der Waals surface area contributed by atoms with Gasteiger partial charge in [-0.1, -0.05) is 12.1 Å². The van der Waals surface area contributed by atoms with Gasteiger partial charge in [0.05, 0.1) is 19.1 Å². The Bertz CT molecular complexity index is 533. The van der Waals surface area contributed by atoms with Gasteiger partial charge in [0.2, 0.25) is 0 Å². The lowest BCUT2D eigenvalue weighted by molar-refractivity contribution is -0.151. The van der Waals surface area contributed by atoms with Crippen LogP contribution in [0.4, 0.5) is 4.39 Å². The third-order valence-electron chi connectivity index (χ3n) is 5.05. The lowest BCUT2D eigenvalue weighted by Crippen LogP contribution is -2.51. The topological polar surface area (TPSA) is 49.8 Å². The van der Waals surface area contributed by atoms with E-state index >= 15 is 0 Å². The van der Waals surface area contributed by atoms with Gasteiger partial charge in [-0.05, 0) is 37.6 Å². The predicted molar refractivity (Wildman–Crippen MR) is 75.2 cm³/mol. The van der Waals surface area contributed by atoms with Crippen molar-refractivity contribution in [3.05, 3.63) is 35.6 Å². The number of hydrogen-bond donors (Lipinski definition) is 1. The average Bonchev–Trinajstić information content (AvgIpc) is 2.66. The van der Waals surface area contributed by atoms with E-state index in [-0.39, 0.29) is 29.8 Å². The van der Waals surface area contributed by atoms with E-state index in [1.165, 1.54) is 19.2 Å². The third-order valence-corrected chi connectivity index (χ3v) is 5.05. The number of carbonyl (C=O) groups excluding carboxylic acids is 1. The molecule has 1 aromatic rings. The lowest BCUT2D eigenvalue weighted by atomic mass is 9.76. The van der Waals surface area contributed by atoms with E-state index < -0.39 is 12.0 Å². The Morgan fingerprint density at radius 2 is 2.00 bits per heavy atom. The number of rotatable bonds is 2. The summed E-state index contributed by atoms with van der Waals surface area (Å²) in [6.07, 6.45) is 0.927. The Hall–Kier alpha value is -1.46. The predicted octanol–water partition coefficient (Wildman–Crippen LogP) is 1.54. The van der Waals surface area contributed by atoms with Crippen LogP contribution in [0.3, 0.4) is 0 Å². The maximum atomic E-state index is 13.1. The van der Waals surface area contributed by atoms with Gasteiger partial charge < -0.3 is 9.84 Å². The number of benzene rings is 1. The summed E-state index contributed by atoms with van der Waals surface area (Å²) in [5, 5.41) is 10.3. The zero-order valence-corrected chi connectivity index (χ0v) is 12.2. The highest BCUT2D eigenvalue weighted by molar-refractivity contribution is 5.75. The third kappa shape index (κ3) is 2.34. The Kier molecular flexibility index (Phi) is 3.71. The number of halogens is 1. The first-order chi connectivity index (χ1) is 10.0. The molecule has 5 heteroatoms. The van der Waals surface area contributed by atoms with Crippen LogP contribution in [-0.2, 0) is 9.53 Å². The number of carbonyl (C=O) groups is 1. The summed E-state index contributed by atoms with van der Waals surface area (Å²) in [6.45, 7) is 0. The zero-order chi connectivity index (χ0) is 15.1. The van der Waals surface area contributed by atoms with Gasteiger partial charge in [0.15, 0.2) is 0 Å². The molecule has 21 heavy (non-hydrogen) atoms. The van der Waals surface area contributed by atoms with Gasteiger partial charge in [0.1, 0.15) is 5.82 Å². The Morgan fingerprint density at radius 1 is 1.33 bits per heavy atom. The summed E-state index contributed by atoms with van der Waals surface area (Å²) in [7, 11) is 3.32. The van der Waals surface area contributed by atoms with E-state index in [4.69, 9.17) is 4.74 Å². The first-order valence-electron chi connectivity index (χ1n) is 7.26. The van der Waals surface area contributed by atoms with Crippen molar-refractivity contribution in [3.8, 4) is 0 Å². The Labute approximate surface area is 123 Å². The molecule has 3 rings (SSSR count). The zero-order valence-electron chi connectivity index (χ0n) is 12.2. The standard InChI is InChI=1S/C16H20FNO3/c1-18-11-7-12(9-3-5-10(17)6-4-9)14(16(20)21-2)15(18)13(19)8-11/h3-6,11-15,19H,7-8H2,1-2H3/t11?,12-,13-,14+,15?/m1/s1. The molecule has 0 amide bonds. The van der Waals surface area contributed by atoms with Crippen LogP contribution in [0.15, 0.2) is 24.3 Å². The molecule has 0 radical (unpaired) electrons. The number of aliphatic hydroxyl groups excluding tert-OH is 1. The summed E-state index contributed by atoms with van der Waals surface area (Å²) >= 11 is 0. The van der Waals surface area contributed by atoms with E-state index in [2.05, 4.69) is 4.90 Å². The number of hydrogen-bond acceptors (Lipinski definition) is 4. The number of esters is 1. The van der Waals surface area contributed by atoms with Crippen molar-refractivity contribution in [2.45, 2.75) is 36.9 Å². The van der Waals surface area contributed by atoms with Gasteiger partial charge in [0, 0.05) is 18.0 Å². The summed E-state index contributed by atoms with van der Waals surface area (Å²) in [6, 6.07) is 6.31. The van der Waals surface area contributed by atoms with Crippen LogP contribution >= 0.6 is 0 Å². The first-order valence-corrected chi connectivity index (χ1v) is 7.26. The van der Waals surface area contributed by atoms with Gasteiger partial charge in [0.25, 0.3) is 0 Å². The molecule has 2 heterocycles. The van der Waals surface area contributed by atoms with Gasteiger partial charge in [-0.3, -0.25) is 9.69 Å². The second-order valence-electron chi connectivity index (χ2n) is 6.06. The van der Waals surface area contributed by atoms with Crippen molar-refractivity contribution < 1.29 is 19.0 Å². The first kappa shape index (κ1) is 14.5. The fourth-order valence-corrected chi connectivity index (χ4v) is 4.03. The fourth-order valence-electron chi connectivity index (χ4n) is 4.03. The van der Waals surface area contributed by atoms with Crippen LogP contribution < -0.4 is 0 Å². The van der Waals surface area contributed by atoms with Crippen LogP contribution in [0.1, 0.15) is 24.3 Å². The normalized spacial score (nSPS) is 35.7. The van der Waals surface area contributed by atoms with Crippen LogP contribution in [0.2, 0.25) is 0 Å². The minimum Gasteiger partial charge on any atom is -0.469 e. The van der Waals surface area contributed by atoms with E-state index in [0.717, 1.165) is 12.0 Å². The number of ether oxygens (including phenoxy) is 1. The minimum absolute atomic E-state index is 0.0404. The molecule has 1 aromatic carbocycles. The molecular weight excluding hydrogens is 273 g/mol. The summed E-state index contributed by atoms with van der Waals surface area (Å²) in [5.74, 6) is -1.05. The van der Waals surface area contributed by atoms with Crippen molar-refractivity contribution in [3.63, 3.8) is 0 Å². The summed E-state index contributed by atoms with van der Waals surface area (Å²) in [4.78, 5) is 14.4. The Morgan fingerprint density at radius 3 is 2.62 bits per heavy atom. The molecule has 2 fully saturated rings. The number of fused-ring (bicyclic) bond motifs is 2. The number of piperidine rings is 1. The van der Waals surface area contributed by atoms with Crippen LogP contribution in [0.5, 0.6) is 0 Å². The fraction of sp³-hybridized carbons (Fsp3) is 0.562. The smallest absolute Gasteiger partial charge is 0.310 e. The van der Waals surface area contributed by atoms with Crippen LogP contribution in [-0.4, -0.2) is 48.3 Å². The van der Waals surface area contributed by atoms with Crippen LogP contribution in [0, 0.1) is 11.7 Å². The molecule has 0 aliphatic carbocycles. The minimum atomic E-state index is -0.519. The summed E-state index contributed by atoms with van der Waals surface area (Å²) < 4.78 is 18.1. The molecule has 0 spiro atoms. The van der Waals surface area contributed by atoms with Crippen molar-refractivity contribution in [1.29, 1.82) is 0 Å². The molecule has 2 unspecified atom stereocenters. The molecule has 114 valence electrons. The highest BCUT2D eigenvalue weighted by Crippen LogP contribution is 2.46. The number of nitrogens with zero attached hydrogens (tertiary/aromatic N) is 1. The maximum absolute atomic E-state index is 13.1. The van der Waals surface area contributed by atoms with Crippen molar-refractivity contribution in [1.82, 2.24) is 4.90 Å². The van der Waals surface area contributed by atoms with Gasteiger partial charge in [-0.15, -0.1) is 0 Å². The number of aliphatic hydroxyl groups is 1. The van der Waals surface area contributed by atoms with E-state index in [1.807, 2.05) is 7.05 Å². The second-order valence-corrected chi connectivity index (χ2v) is 6.06. The lowest BCUT2D eigenvalue weighted by Gasteiger charge is -2.42. The molecular formula is C16H20FNO3. The molecule has 2 saturated heterocycles. The van der Waals surface area contributed by atoms with Gasteiger partial charge in [-0.25, -0.2) is 4.39 Å². The average molecular weight is 293 g/mol. The SMILES string of the molecule is COC(=O)[C@@H]1C2[C@H](O)CC(C[C@@H]1c1ccc(F)cc1)N2C. The number of likely N-dealkylation sites (N-methyl/N-ethyl adjacent to an activating group) is 1. The summed E-state index contributed by atoms with van der Waals surface area (Å²) in [5.41, 5.74) is 0.934. The molecule has 0 saturated carbocycles. The quantitative estimate of drug-likeness (QED) is 0.840. The van der Waals surface area contributed by atoms with E-state index in [0.29, 0.717) is 6.42 Å². The highest BCUT2D eigenvalue weighted by Gasteiger charge is 2.53. The van der Waals surface area contributed by atoms with Gasteiger partial charge >= 0.3 is 5.97 Å². The number of methoxy groups -OCH3 is 1. The van der Waals surface area contributed by atoms with E-state index in [1.54, 1.807) is 12.1 Å². The van der Waals surface area contributed by atoms with Crippen LogP contribution in [0.25, 0.3) is 0 Å². The van der Waals surface area contributed by atoms with Crippen molar-refractivity contribution in [2.75, 3.05) is 14.2 Å². The van der Waals surface area contributed by atoms with Gasteiger partial charge in [-0.2, -0.15) is 0 Å². The van der Waals surface area contributed by atoms with Crippen molar-refractivity contribution in [2.24, 2.45) is 5.92 Å². The molecule has 2 aliphatic heterocycles. The maximum Gasteiger partial charge on any atom is 0.310 e. The second kappa shape index (κ2) is 5.39. The largest absolute Gasteiger partial charge is 0.469 e. The van der Waals surface area contributed by atoms with Crippen molar-refractivity contribution >= 4 is 5.97 Å². The molecule has 4 nitrogen and oxygen atoms in total. The highest BCUT2D eigenvalue weighted by atomic mass is 19.1. The molecule has 0 aromatic heterocycles. The Balaban J connectivity index is 1.98. The molecule has 2 bridgehead atoms. The van der Waals surface area contributed by atoms with E-state index in [9.17, 15) is 14.3 Å². The molecule has 5 atom stereocenters.